The van der Waals surface area contributed by atoms with Crippen molar-refractivity contribution in [2.45, 2.75) is 6.36 Å². The molecular formula is C9H6F4O2. The molecule has 0 saturated carbocycles. The number of hydrogen-bond donors (Lipinski definition) is 0. The molecular weight excluding hydrogens is 216 g/mol. The number of ether oxygens (including phenoxy) is 1. The number of Topliss-reactive ketones (excluding diaryl/α,β-unsaturated/α-hetero) is 1. The van der Waals surface area contributed by atoms with Crippen LogP contribution < -0.4 is 0 Å². The molecule has 0 aliphatic carbocycles. The summed E-state index contributed by atoms with van der Waals surface area (Å²) < 4.78 is 50.6. The third kappa shape index (κ3) is 4.07. The van der Waals surface area contributed by atoms with Crippen molar-refractivity contribution < 1.29 is 27.1 Å². The Balaban J connectivity index is 2.62. The molecule has 0 saturated heterocycles. The first-order chi connectivity index (χ1) is 6.88. The summed E-state index contributed by atoms with van der Waals surface area (Å²) in [6, 6.07) is 4.38. The molecule has 0 N–H and O–H groups in total. The van der Waals surface area contributed by atoms with Gasteiger partial charge in [0.1, 0.15) is 12.4 Å². The van der Waals surface area contributed by atoms with Gasteiger partial charge in [-0.1, -0.05) is 12.1 Å². The molecule has 2 nitrogen and oxygen atoms in total. The summed E-state index contributed by atoms with van der Waals surface area (Å²) in [7, 11) is 0. The molecule has 0 atom stereocenters. The maximum Gasteiger partial charge on any atom is 0.522 e. The minimum absolute atomic E-state index is 0.153. The van der Waals surface area contributed by atoms with E-state index >= 15 is 0 Å². The molecule has 0 radical (unpaired) electrons. The molecule has 1 rings (SSSR count). The van der Waals surface area contributed by atoms with E-state index in [1.165, 1.54) is 12.1 Å². The molecule has 1 aromatic rings. The number of halogens is 4. The summed E-state index contributed by atoms with van der Waals surface area (Å²) in [6.45, 7) is -1.15. The monoisotopic (exact) mass is 222 g/mol. The van der Waals surface area contributed by atoms with Gasteiger partial charge in [-0.25, -0.2) is 4.39 Å². The highest BCUT2D eigenvalue weighted by molar-refractivity contribution is 5.97. The number of hydrogen-bond acceptors (Lipinski definition) is 2. The first-order valence-corrected chi connectivity index (χ1v) is 3.88. The Kier molecular flexibility index (Phi) is 3.41. The molecule has 0 unspecified atom stereocenters. The van der Waals surface area contributed by atoms with E-state index in [4.69, 9.17) is 0 Å². The smallest absolute Gasteiger partial charge is 0.292 e. The Morgan fingerprint density at radius 3 is 2.53 bits per heavy atom. The van der Waals surface area contributed by atoms with Crippen LogP contribution in [0.15, 0.2) is 24.3 Å². The lowest BCUT2D eigenvalue weighted by Gasteiger charge is -2.06. The van der Waals surface area contributed by atoms with E-state index in [-0.39, 0.29) is 5.56 Å². The van der Waals surface area contributed by atoms with E-state index in [2.05, 4.69) is 4.74 Å². The average Bonchev–Trinajstić information content (AvgIpc) is 2.13. The van der Waals surface area contributed by atoms with Crippen LogP contribution in [0.1, 0.15) is 10.4 Å². The third-order valence-corrected chi connectivity index (χ3v) is 1.51. The number of benzene rings is 1. The molecule has 82 valence electrons. The second kappa shape index (κ2) is 4.39. The maximum absolute atomic E-state index is 12.6. The van der Waals surface area contributed by atoms with E-state index in [9.17, 15) is 22.4 Å². The van der Waals surface area contributed by atoms with Gasteiger partial charge < -0.3 is 0 Å². The predicted octanol–water partition coefficient (Wildman–Crippen LogP) is 2.54. The maximum atomic E-state index is 12.6. The molecule has 6 heteroatoms. The zero-order chi connectivity index (χ0) is 11.5. The second-order valence-electron chi connectivity index (χ2n) is 2.67. The Morgan fingerprint density at radius 1 is 1.33 bits per heavy atom. The van der Waals surface area contributed by atoms with Crippen molar-refractivity contribution in [1.29, 1.82) is 0 Å². The third-order valence-electron chi connectivity index (χ3n) is 1.51. The molecule has 0 heterocycles. The van der Waals surface area contributed by atoms with Gasteiger partial charge in [-0.05, 0) is 12.1 Å². The van der Waals surface area contributed by atoms with E-state index in [1.54, 1.807) is 0 Å². The van der Waals surface area contributed by atoms with Crippen LogP contribution in [0.4, 0.5) is 17.6 Å². The van der Waals surface area contributed by atoms with Gasteiger partial charge in [-0.3, -0.25) is 9.53 Å². The second-order valence-corrected chi connectivity index (χ2v) is 2.67. The zero-order valence-corrected chi connectivity index (χ0v) is 7.34. The quantitative estimate of drug-likeness (QED) is 0.580. The summed E-state index contributed by atoms with van der Waals surface area (Å²) >= 11 is 0. The van der Waals surface area contributed by atoms with Gasteiger partial charge in [0.2, 0.25) is 0 Å². The molecule has 0 aliphatic heterocycles. The van der Waals surface area contributed by atoms with Gasteiger partial charge in [0.15, 0.2) is 5.78 Å². The van der Waals surface area contributed by atoms with Crippen molar-refractivity contribution in [2.75, 3.05) is 6.61 Å². The molecule has 0 fully saturated rings. The van der Waals surface area contributed by atoms with Crippen LogP contribution in [0.2, 0.25) is 0 Å². The molecule has 0 aliphatic rings. The lowest BCUT2D eigenvalue weighted by Crippen LogP contribution is -2.19. The minimum Gasteiger partial charge on any atom is -0.292 e. The largest absolute Gasteiger partial charge is 0.522 e. The SMILES string of the molecule is O=C(COC(F)(F)F)c1cccc(F)c1. The van der Waals surface area contributed by atoms with Crippen LogP contribution >= 0.6 is 0 Å². The van der Waals surface area contributed by atoms with Crippen LogP contribution in [0.3, 0.4) is 0 Å². The van der Waals surface area contributed by atoms with Crippen molar-refractivity contribution >= 4 is 5.78 Å². The highest BCUT2D eigenvalue weighted by Gasteiger charge is 2.30. The molecule has 15 heavy (non-hydrogen) atoms. The summed E-state index contributed by atoms with van der Waals surface area (Å²) in [5.41, 5.74) is -0.153. The average molecular weight is 222 g/mol. The van der Waals surface area contributed by atoms with Crippen LogP contribution in [0.5, 0.6) is 0 Å². The standard InChI is InChI=1S/C9H6F4O2/c10-7-3-1-2-6(4-7)8(14)5-15-9(11,12)13/h1-4H,5H2. The fourth-order valence-electron chi connectivity index (χ4n) is 0.893. The number of ketones is 1. The lowest BCUT2D eigenvalue weighted by atomic mass is 10.1. The van der Waals surface area contributed by atoms with Crippen molar-refractivity contribution in [2.24, 2.45) is 0 Å². The normalized spacial score (nSPS) is 11.5. The Bertz CT molecular complexity index is 359. The number of carbonyl (C=O) groups excluding carboxylic acids is 1. The van der Waals surface area contributed by atoms with Crippen LogP contribution in [-0.4, -0.2) is 18.8 Å². The van der Waals surface area contributed by atoms with E-state index in [1.807, 2.05) is 0 Å². The number of alkyl halides is 3. The first-order valence-electron chi connectivity index (χ1n) is 3.88. The lowest BCUT2D eigenvalue weighted by molar-refractivity contribution is -0.318. The summed E-state index contributed by atoms with van der Waals surface area (Å²) in [5, 5.41) is 0. The summed E-state index contributed by atoms with van der Waals surface area (Å²) in [5.74, 6) is -1.61. The van der Waals surface area contributed by atoms with Gasteiger partial charge in [-0.15, -0.1) is 13.2 Å². The number of carbonyl (C=O) groups is 1. The van der Waals surface area contributed by atoms with Gasteiger partial charge in [-0.2, -0.15) is 0 Å². The Labute approximate surface area is 82.5 Å². The van der Waals surface area contributed by atoms with Crippen molar-refractivity contribution in [3.8, 4) is 0 Å². The molecule has 0 spiro atoms. The Hall–Kier alpha value is -1.43. The molecule has 0 aromatic heterocycles. The van der Waals surface area contributed by atoms with Gasteiger partial charge in [0.05, 0.1) is 0 Å². The van der Waals surface area contributed by atoms with Gasteiger partial charge in [0.25, 0.3) is 0 Å². The highest BCUT2D eigenvalue weighted by atomic mass is 19.4. The molecule has 0 amide bonds. The topological polar surface area (TPSA) is 26.3 Å². The minimum atomic E-state index is -4.86. The van der Waals surface area contributed by atoms with E-state index < -0.39 is 24.6 Å². The van der Waals surface area contributed by atoms with Crippen LogP contribution in [-0.2, 0) is 4.74 Å². The van der Waals surface area contributed by atoms with E-state index in [0.717, 1.165) is 12.1 Å². The van der Waals surface area contributed by atoms with Crippen molar-refractivity contribution in [3.63, 3.8) is 0 Å². The molecule has 1 aromatic carbocycles. The van der Waals surface area contributed by atoms with Crippen LogP contribution in [0, 0.1) is 5.82 Å². The predicted molar refractivity (Wildman–Crippen MR) is 42.7 cm³/mol. The summed E-state index contributed by atoms with van der Waals surface area (Å²) in [6.07, 6.45) is -4.86. The first kappa shape index (κ1) is 11.6. The van der Waals surface area contributed by atoms with Gasteiger partial charge >= 0.3 is 6.36 Å². The van der Waals surface area contributed by atoms with E-state index in [0.29, 0.717) is 0 Å². The summed E-state index contributed by atoms with van der Waals surface area (Å²) in [4.78, 5) is 11.1. The van der Waals surface area contributed by atoms with Crippen molar-refractivity contribution in [3.05, 3.63) is 35.6 Å². The fourth-order valence-corrected chi connectivity index (χ4v) is 0.893. The highest BCUT2D eigenvalue weighted by Crippen LogP contribution is 2.16. The molecule has 0 bridgehead atoms. The Morgan fingerprint density at radius 2 is 2.00 bits per heavy atom. The fraction of sp³-hybridized carbons (Fsp3) is 0.222. The van der Waals surface area contributed by atoms with Crippen LogP contribution in [0.25, 0.3) is 0 Å². The number of rotatable bonds is 3. The van der Waals surface area contributed by atoms with Gasteiger partial charge in [0, 0.05) is 5.56 Å². The van der Waals surface area contributed by atoms with Crippen molar-refractivity contribution in [1.82, 2.24) is 0 Å². The zero-order valence-electron chi connectivity index (χ0n) is 7.34.